The van der Waals surface area contributed by atoms with E-state index in [4.69, 9.17) is 11.6 Å². The number of hydrogen-bond acceptors (Lipinski definition) is 3. The minimum absolute atomic E-state index is 0.0631. The van der Waals surface area contributed by atoms with Crippen LogP contribution in [0.2, 0.25) is 5.02 Å². The van der Waals surface area contributed by atoms with E-state index in [1.165, 1.54) is 16.4 Å². The van der Waals surface area contributed by atoms with E-state index in [9.17, 15) is 26.4 Å². The molecular weight excluding hydrogens is 453 g/mol. The largest absolute Gasteiger partial charge is 0.322 e. The van der Waals surface area contributed by atoms with Crippen molar-refractivity contribution in [2.24, 2.45) is 0 Å². The molecule has 0 bridgehead atoms. The number of carbonyl (C=O) groups excluding carboxylic acids is 1. The van der Waals surface area contributed by atoms with Crippen LogP contribution < -0.4 is 5.32 Å². The molecule has 31 heavy (non-hydrogen) atoms. The molecule has 0 spiro atoms. The molecule has 1 heterocycles. The Balaban J connectivity index is 1.94. The Hall–Kier alpha value is -2.36. The summed E-state index contributed by atoms with van der Waals surface area (Å²) in [5.41, 5.74) is -0.416. The molecule has 0 saturated carbocycles. The minimum atomic E-state index is -4.03. The first kappa shape index (κ1) is 23.3. The van der Waals surface area contributed by atoms with Crippen molar-refractivity contribution in [2.45, 2.75) is 43.2 Å². The first-order valence-electron chi connectivity index (χ1n) is 9.46. The number of nitrogens with one attached hydrogen (secondary N) is 1. The molecule has 1 aliphatic heterocycles. The quantitative estimate of drug-likeness (QED) is 0.468. The summed E-state index contributed by atoms with van der Waals surface area (Å²) in [5, 5.41) is 2.16. The zero-order chi connectivity index (χ0) is 22.9. The van der Waals surface area contributed by atoms with Gasteiger partial charge in [0.05, 0.1) is 5.02 Å². The maximum atomic E-state index is 13.4. The Labute approximate surface area is 183 Å². The fourth-order valence-corrected chi connectivity index (χ4v) is 6.07. The highest BCUT2D eigenvalue weighted by Gasteiger charge is 2.40. The first-order chi connectivity index (χ1) is 14.6. The van der Waals surface area contributed by atoms with Crippen LogP contribution in [0.25, 0.3) is 0 Å². The lowest BCUT2D eigenvalue weighted by Crippen LogP contribution is -2.39. The summed E-state index contributed by atoms with van der Waals surface area (Å²) in [4.78, 5) is 12.3. The standard InChI is InChI=1S/C21H20ClF3N2O3S/c1-3-4-15-7-5-12(2)27(15)31(29,30)19-9-13(6-8-16(19)22)21(28)26-14-10-17(23)20(25)18(24)11-14/h3,6,8-12,15H,1,4-5,7H2,2H3,(H,26,28). The molecule has 10 heteroatoms. The third-order valence-electron chi connectivity index (χ3n) is 5.14. The third kappa shape index (κ3) is 4.63. The second-order valence-corrected chi connectivity index (χ2v) is 9.51. The van der Waals surface area contributed by atoms with Crippen molar-refractivity contribution >= 4 is 33.2 Å². The number of hydrogen-bond donors (Lipinski definition) is 1. The van der Waals surface area contributed by atoms with Crippen LogP contribution in [0.5, 0.6) is 0 Å². The van der Waals surface area contributed by atoms with Crippen LogP contribution in [0.4, 0.5) is 18.9 Å². The highest BCUT2D eigenvalue weighted by atomic mass is 35.5. The summed E-state index contributed by atoms with van der Waals surface area (Å²) in [5.74, 6) is -5.43. The normalized spacial score (nSPS) is 19.4. The van der Waals surface area contributed by atoms with Crippen LogP contribution in [-0.2, 0) is 10.0 Å². The molecule has 2 atom stereocenters. The van der Waals surface area contributed by atoms with Crippen LogP contribution in [0, 0.1) is 17.5 Å². The van der Waals surface area contributed by atoms with Crippen molar-refractivity contribution < 1.29 is 26.4 Å². The number of amides is 1. The second-order valence-electron chi connectivity index (χ2n) is 7.29. The highest BCUT2D eigenvalue weighted by molar-refractivity contribution is 7.89. The lowest BCUT2D eigenvalue weighted by Gasteiger charge is -2.27. The maximum absolute atomic E-state index is 13.4. The van der Waals surface area contributed by atoms with Gasteiger partial charge in [-0.2, -0.15) is 4.31 Å². The predicted octanol–water partition coefficient (Wildman–Crippen LogP) is 5.13. The number of halogens is 4. The van der Waals surface area contributed by atoms with Crippen molar-refractivity contribution in [3.05, 3.63) is 71.0 Å². The Morgan fingerprint density at radius 1 is 1.23 bits per heavy atom. The van der Waals surface area contributed by atoms with Crippen LogP contribution in [-0.4, -0.2) is 30.7 Å². The lowest BCUT2D eigenvalue weighted by molar-refractivity contribution is 0.102. The molecule has 1 saturated heterocycles. The molecular formula is C21H20ClF3N2O3S. The molecule has 3 rings (SSSR count). The predicted molar refractivity (Wildman–Crippen MR) is 112 cm³/mol. The van der Waals surface area contributed by atoms with E-state index in [-0.39, 0.29) is 33.3 Å². The summed E-state index contributed by atoms with van der Waals surface area (Å²) in [6.45, 7) is 5.47. The van der Waals surface area contributed by atoms with Gasteiger partial charge in [0.1, 0.15) is 4.90 Å². The number of rotatable bonds is 6. The Morgan fingerprint density at radius 3 is 2.48 bits per heavy atom. The molecule has 5 nitrogen and oxygen atoms in total. The van der Waals surface area contributed by atoms with Gasteiger partial charge in [-0.3, -0.25) is 4.79 Å². The smallest absolute Gasteiger partial charge is 0.255 e. The number of nitrogens with zero attached hydrogens (tertiary/aromatic N) is 1. The van der Waals surface area contributed by atoms with Crippen LogP contribution in [0.15, 0.2) is 47.9 Å². The topological polar surface area (TPSA) is 66.5 Å². The van der Waals surface area contributed by atoms with Gasteiger partial charge in [-0.15, -0.1) is 6.58 Å². The average molecular weight is 473 g/mol. The SMILES string of the molecule is C=CCC1CCC(C)N1S(=O)(=O)c1cc(C(=O)Nc2cc(F)c(F)c(F)c2)ccc1Cl. The van der Waals surface area contributed by atoms with Crippen molar-refractivity contribution in [3.8, 4) is 0 Å². The molecule has 0 aliphatic carbocycles. The molecule has 1 fully saturated rings. The highest BCUT2D eigenvalue weighted by Crippen LogP contribution is 2.35. The van der Waals surface area contributed by atoms with Gasteiger partial charge in [0.15, 0.2) is 17.5 Å². The molecule has 2 aromatic carbocycles. The van der Waals surface area contributed by atoms with E-state index in [2.05, 4.69) is 11.9 Å². The third-order valence-corrected chi connectivity index (χ3v) is 7.69. The lowest BCUT2D eigenvalue weighted by atomic mass is 10.1. The average Bonchev–Trinajstić information content (AvgIpc) is 3.07. The summed E-state index contributed by atoms with van der Waals surface area (Å²) in [6.07, 6.45) is 3.48. The number of benzene rings is 2. The molecule has 0 radical (unpaired) electrons. The van der Waals surface area contributed by atoms with Crippen molar-refractivity contribution in [3.63, 3.8) is 0 Å². The fraction of sp³-hybridized carbons (Fsp3) is 0.286. The van der Waals surface area contributed by atoms with E-state index in [1.54, 1.807) is 13.0 Å². The van der Waals surface area contributed by atoms with E-state index >= 15 is 0 Å². The summed E-state index contributed by atoms with van der Waals surface area (Å²) >= 11 is 6.16. The van der Waals surface area contributed by atoms with Gasteiger partial charge in [0.2, 0.25) is 10.0 Å². The fourth-order valence-electron chi connectivity index (χ4n) is 3.68. The van der Waals surface area contributed by atoms with Gasteiger partial charge >= 0.3 is 0 Å². The number of anilines is 1. The first-order valence-corrected chi connectivity index (χ1v) is 11.3. The maximum Gasteiger partial charge on any atom is 0.255 e. The number of carbonyl (C=O) groups is 1. The second kappa shape index (κ2) is 9.02. The monoisotopic (exact) mass is 472 g/mol. The Morgan fingerprint density at radius 2 is 1.87 bits per heavy atom. The minimum Gasteiger partial charge on any atom is -0.322 e. The van der Waals surface area contributed by atoms with E-state index < -0.39 is 33.4 Å². The van der Waals surface area contributed by atoms with Crippen LogP contribution in [0.3, 0.4) is 0 Å². The van der Waals surface area contributed by atoms with E-state index in [0.717, 1.165) is 6.07 Å². The molecule has 2 aromatic rings. The van der Waals surface area contributed by atoms with Gasteiger partial charge in [-0.25, -0.2) is 21.6 Å². The molecule has 2 unspecified atom stereocenters. The molecule has 1 amide bonds. The van der Waals surface area contributed by atoms with Crippen LogP contribution in [0.1, 0.15) is 36.5 Å². The van der Waals surface area contributed by atoms with Gasteiger partial charge < -0.3 is 5.32 Å². The summed E-state index contributed by atoms with van der Waals surface area (Å²) in [7, 11) is -4.03. The summed E-state index contributed by atoms with van der Waals surface area (Å²) < 4.78 is 68.0. The van der Waals surface area contributed by atoms with Crippen LogP contribution >= 0.6 is 11.6 Å². The van der Waals surface area contributed by atoms with Crippen molar-refractivity contribution in [1.82, 2.24) is 4.31 Å². The van der Waals surface area contributed by atoms with Gasteiger partial charge in [0, 0.05) is 35.5 Å². The summed E-state index contributed by atoms with van der Waals surface area (Å²) in [6, 6.07) is 4.37. The number of sulfonamides is 1. The van der Waals surface area contributed by atoms with Crippen molar-refractivity contribution in [1.29, 1.82) is 0 Å². The Kier molecular flexibility index (Phi) is 6.78. The molecule has 166 valence electrons. The zero-order valence-corrected chi connectivity index (χ0v) is 18.1. The van der Waals surface area contributed by atoms with Gasteiger partial charge in [-0.1, -0.05) is 17.7 Å². The van der Waals surface area contributed by atoms with E-state index in [0.29, 0.717) is 31.4 Å². The molecule has 1 N–H and O–H groups in total. The Bertz CT molecular complexity index is 1120. The zero-order valence-electron chi connectivity index (χ0n) is 16.5. The van der Waals surface area contributed by atoms with Gasteiger partial charge in [-0.05, 0) is 44.4 Å². The molecule has 0 aromatic heterocycles. The molecule has 1 aliphatic rings. The van der Waals surface area contributed by atoms with E-state index in [1.807, 2.05) is 0 Å². The van der Waals surface area contributed by atoms with Gasteiger partial charge in [0.25, 0.3) is 5.91 Å². The van der Waals surface area contributed by atoms with Crippen molar-refractivity contribution in [2.75, 3.05) is 5.32 Å².